The third kappa shape index (κ3) is 13.6. The molecule has 4 nitrogen and oxygen atoms in total. The highest BCUT2D eigenvalue weighted by Gasteiger charge is 2.35. The van der Waals surface area contributed by atoms with Gasteiger partial charge in [0.2, 0.25) is 0 Å². The van der Waals surface area contributed by atoms with E-state index < -0.39 is 0 Å². The van der Waals surface area contributed by atoms with E-state index in [0.29, 0.717) is 13.0 Å². The number of esters is 1. The van der Waals surface area contributed by atoms with Crippen molar-refractivity contribution in [2.24, 2.45) is 5.92 Å². The molecule has 1 aliphatic rings. The molecule has 0 spiro atoms. The smallest absolute Gasteiger partial charge is 0.306 e. The van der Waals surface area contributed by atoms with Crippen LogP contribution in [0, 0.1) is 17.8 Å². The summed E-state index contributed by atoms with van der Waals surface area (Å²) in [5.41, 5.74) is 0.870. The molecule has 2 unspecified atom stereocenters. The van der Waals surface area contributed by atoms with Gasteiger partial charge in [0.25, 0.3) is 0 Å². The average Bonchev–Trinajstić information content (AvgIpc) is 3.06. The van der Waals surface area contributed by atoms with Crippen LogP contribution in [-0.4, -0.2) is 30.6 Å². The Labute approximate surface area is 203 Å². The molecule has 0 aromatic carbocycles. The third-order valence-corrected chi connectivity index (χ3v) is 6.03. The summed E-state index contributed by atoms with van der Waals surface area (Å²) in [6.45, 7) is 8.76. The first-order valence-electron chi connectivity index (χ1n) is 13.5. The van der Waals surface area contributed by atoms with Gasteiger partial charge < -0.3 is 9.47 Å². The maximum Gasteiger partial charge on any atom is 0.306 e. The van der Waals surface area contributed by atoms with Crippen LogP contribution in [0.3, 0.4) is 0 Å². The van der Waals surface area contributed by atoms with E-state index in [1.807, 2.05) is 13.8 Å². The van der Waals surface area contributed by atoms with Crippen molar-refractivity contribution in [1.29, 1.82) is 0 Å². The van der Waals surface area contributed by atoms with Gasteiger partial charge in [-0.1, -0.05) is 83.5 Å². The van der Waals surface area contributed by atoms with E-state index in [9.17, 15) is 9.59 Å². The summed E-state index contributed by atoms with van der Waals surface area (Å²) in [4.78, 5) is 24.4. The predicted octanol–water partition coefficient (Wildman–Crippen LogP) is 7.34. The Morgan fingerprint density at radius 2 is 1.61 bits per heavy atom. The molecule has 0 fully saturated rings. The lowest BCUT2D eigenvalue weighted by Crippen LogP contribution is -2.26. The number of carbonyl (C=O) groups excluding carboxylic acids is 2. The zero-order valence-corrected chi connectivity index (χ0v) is 21.8. The van der Waals surface area contributed by atoms with Crippen molar-refractivity contribution < 1.29 is 19.1 Å². The normalized spacial score (nSPS) is 17.7. The van der Waals surface area contributed by atoms with Gasteiger partial charge in [0.15, 0.2) is 5.78 Å². The number of rotatable bonds is 18. The fourth-order valence-electron chi connectivity index (χ4n) is 4.17. The average molecular weight is 461 g/mol. The van der Waals surface area contributed by atoms with Gasteiger partial charge in [0, 0.05) is 25.0 Å². The molecular weight excluding hydrogens is 412 g/mol. The van der Waals surface area contributed by atoms with Crippen LogP contribution in [-0.2, 0) is 19.1 Å². The van der Waals surface area contributed by atoms with Crippen molar-refractivity contribution in [2.45, 2.75) is 136 Å². The fraction of sp³-hybridized carbons (Fsp3) is 0.793. The second-order valence-electron chi connectivity index (χ2n) is 9.56. The Morgan fingerprint density at radius 3 is 2.30 bits per heavy atom. The van der Waals surface area contributed by atoms with Gasteiger partial charge >= 0.3 is 5.97 Å². The molecule has 0 saturated heterocycles. The molecule has 0 heterocycles. The Hall–Kier alpha value is -1.60. The van der Waals surface area contributed by atoms with Crippen molar-refractivity contribution >= 4 is 11.8 Å². The van der Waals surface area contributed by atoms with E-state index in [1.165, 1.54) is 44.9 Å². The summed E-state index contributed by atoms with van der Waals surface area (Å²) in [5, 5.41) is 0. The highest BCUT2D eigenvalue weighted by molar-refractivity contribution is 5.97. The molecule has 1 aliphatic carbocycles. The lowest BCUT2D eigenvalue weighted by atomic mass is 9.93. The van der Waals surface area contributed by atoms with E-state index in [0.717, 1.165) is 50.5 Å². The zero-order chi connectivity index (χ0) is 24.3. The van der Waals surface area contributed by atoms with Crippen molar-refractivity contribution in [3.05, 3.63) is 11.6 Å². The van der Waals surface area contributed by atoms with Crippen LogP contribution < -0.4 is 0 Å². The van der Waals surface area contributed by atoms with Gasteiger partial charge in [0.1, 0.15) is 6.10 Å². The van der Waals surface area contributed by atoms with Gasteiger partial charge in [0.05, 0.1) is 12.0 Å². The predicted molar refractivity (Wildman–Crippen MR) is 136 cm³/mol. The van der Waals surface area contributed by atoms with Crippen molar-refractivity contribution in [1.82, 2.24) is 0 Å². The van der Waals surface area contributed by atoms with E-state index >= 15 is 0 Å². The monoisotopic (exact) mass is 460 g/mol. The summed E-state index contributed by atoms with van der Waals surface area (Å²) >= 11 is 0. The van der Waals surface area contributed by atoms with Crippen LogP contribution in [0.1, 0.15) is 124 Å². The molecule has 0 radical (unpaired) electrons. The highest BCUT2D eigenvalue weighted by atomic mass is 16.5. The number of ketones is 1. The van der Waals surface area contributed by atoms with E-state index in [2.05, 4.69) is 25.7 Å². The summed E-state index contributed by atoms with van der Waals surface area (Å²) < 4.78 is 11.4. The van der Waals surface area contributed by atoms with Crippen LogP contribution in [0.25, 0.3) is 0 Å². The molecule has 0 aromatic rings. The van der Waals surface area contributed by atoms with Crippen LogP contribution in [0.5, 0.6) is 0 Å². The molecule has 0 N–H and O–H groups in total. The lowest BCUT2D eigenvalue weighted by molar-refractivity contribution is -0.147. The standard InChI is InChI=1S/C29H48O4/c1-5-7-9-11-13-15-19-25-23-27(30)26(20-16-12-10-8-6-2)29(25)32-22-18-14-17-21-28(31)33-24(3)4/h23-24,26,29H,5-14,16-18,20-22H2,1-4H3. The topological polar surface area (TPSA) is 52.6 Å². The molecule has 0 bridgehead atoms. The summed E-state index contributed by atoms with van der Waals surface area (Å²) in [6, 6.07) is 0. The highest BCUT2D eigenvalue weighted by Crippen LogP contribution is 2.30. The maximum absolute atomic E-state index is 12.7. The van der Waals surface area contributed by atoms with E-state index in [1.54, 1.807) is 6.08 Å². The van der Waals surface area contributed by atoms with Crippen molar-refractivity contribution in [2.75, 3.05) is 6.61 Å². The van der Waals surface area contributed by atoms with Crippen LogP contribution in [0.4, 0.5) is 0 Å². The third-order valence-electron chi connectivity index (χ3n) is 6.03. The zero-order valence-electron chi connectivity index (χ0n) is 21.8. The van der Waals surface area contributed by atoms with Crippen molar-refractivity contribution in [3.8, 4) is 11.8 Å². The number of allylic oxidation sites excluding steroid dienone is 1. The molecule has 0 aromatic heterocycles. The van der Waals surface area contributed by atoms with Gasteiger partial charge in [-0.3, -0.25) is 9.59 Å². The SMILES string of the molecule is CCCCCCC#CC1=CC(=O)C(CCCCCCC)C1OCCCCCC(=O)OC(C)C. The van der Waals surface area contributed by atoms with E-state index in [4.69, 9.17) is 9.47 Å². The molecule has 33 heavy (non-hydrogen) atoms. The molecule has 0 amide bonds. The number of hydrogen-bond donors (Lipinski definition) is 0. The minimum Gasteiger partial charge on any atom is -0.463 e. The van der Waals surface area contributed by atoms with Crippen molar-refractivity contribution in [3.63, 3.8) is 0 Å². The first-order valence-corrected chi connectivity index (χ1v) is 13.5. The largest absolute Gasteiger partial charge is 0.463 e. The van der Waals surface area contributed by atoms with Gasteiger partial charge in [-0.2, -0.15) is 0 Å². The summed E-state index contributed by atoms with van der Waals surface area (Å²) in [6.07, 6.45) is 17.1. The van der Waals surface area contributed by atoms with Crippen LogP contribution in [0.2, 0.25) is 0 Å². The molecule has 2 atom stereocenters. The molecule has 0 aliphatic heterocycles. The Bertz CT molecular complexity index is 638. The fourth-order valence-corrected chi connectivity index (χ4v) is 4.17. The van der Waals surface area contributed by atoms with Gasteiger partial charge in [-0.05, 0) is 45.6 Å². The van der Waals surface area contributed by atoms with Gasteiger partial charge in [-0.25, -0.2) is 0 Å². The molecule has 1 rings (SSSR count). The Balaban J connectivity index is 2.52. The molecule has 188 valence electrons. The Morgan fingerprint density at radius 1 is 0.939 bits per heavy atom. The lowest BCUT2D eigenvalue weighted by Gasteiger charge is -2.21. The number of carbonyl (C=O) groups is 2. The van der Waals surface area contributed by atoms with Gasteiger partial charge in [-0.15, -0.1) is 0 Å². The number of ether oxygens (including phenoxy) is 2. The summed E-state index contributed by atoms with van der Waals surface area (Å²) in [5.74, 6) is 6.51. The molecule has 0 saturated carbocycles. The first kappa shape index (κ1) is 29.4. The first-order chi connectivity index (χ1) is 16.0. The Kier molecular flexibility index (Phi) is 16.8. The molecule has 4 heteroatoms. The minimum atomic E-state index is -0.197. The quantitative estimate of drug-likeness (QED) is 0.122. The minimum absolute atomic E-state index is 0.0578. The number of hydrogen-bond acceptors (Lipinski definition) is 4. The van der Waals surface area contributed by atoms with E-state index in [-0.39, 0.29) is 29.9 Å². The second kappa shape index (κ2) is 18.8. The second-order valence-corrected chi connectivity index (χ2v) is 9.56. The number of unbranched alkanes of at least 4 members (excludes halogenated alkanes) is 10. The summed E-state index contributed by atoms with van der Waals surface area (Å²) in [7, 11) is 0. The van der Waals surface area contributed by atoms with Crippen LogP contribution >= 0.6 is 0 Å². The maximum atomic E-state index is 12.7. The molecular formula is C29H48O4. The van der Waals surface area contributed by atoms with Crippen LogP contribution in [0.15, 0.2) is 11.6 Å².